The first-order valence-electron chi connectivity index (χ1n) is 7.77. The van der Waals surface area contributed by atoms with E-state index in [0.29, 0.717) is 13.0 Å². The summed E-state index contributed by atoms with van der Waals surface area (Å²) in [6, 6.07) is 0.0591. The predicted octanol–water partition coefficient (Wildman–Crippen LogP) is 0.549. The maximum absolute atomic E-state index is 12.7. The van der Waals surface area contributed by atoms with E-state index in [0.717, 1.165) is 25.7 Å². The molecule has 1 heterocycles. The van der Waals surface area contributed by atoms with Crippen LogP contribution in [0.2, 0.25) is 0 Å². The largest absolute Gasteiger partial charge is 0.393 e. The number of hydrogen-bond acceptors (Lipinski definition) is 4. The van der Waals surface area contributed by atoms with Crippen molar-refractivity contribution in [2.45, 2.75) is 69.7 Å². The van der Waals surface area contributed by atoms with Gasteiger partial charge in [0.2, 0.25) is 5.91 Å². The van der Waals surface area contributed by atoms with Crippen molar-refractivity contribution in [2.24, 2.45) is 17.1 Å². The summed E-state index contributed by atoms with van der Waals surface area (Å²) in [5.41, 5.74) is 5.34. The van der Waals surface area contributed by atoms with Gasteiger partial charge in [0, 0.05) is 24.0 Å². The number of ether oxygens (including phenoxy) is 1. The predicted molar refractivity (Wildman–Crippen MR) is 75.0 cm³/mol. The molecule has 0 spiro atoms. The number of fused-ring (bicyclic) bond motifs is 1. The average Bonchev–Trinajstić information content (AvgIpc) is 2.85. The minimum Gasteiger partial charge on any atom is -0.393 e. The number of rotatable bonds is 2. The summed E-state index contributed by atoms with van der Waals surface area (Å²) >= 11 is 0. The number of hydrogen-bond donors (Lipinski definition) is 3. The van der Waals surface area contributed by atoms with Crippen molar-refractivity contribution in [3.63, 3.8) is 0 Å². The zero-order chi connectivity index (χ0) is 14.5. The highest BCUT2D eigenvalue weighted by Gasteiger charge is 2.71. The van der Waals surface area contributed by atoms with Gasteiger partial charge < -0.3 is 20.9 Å². The lowest BCUT2D eigenvalue weighted by molar-refractivity contribution is -0.176. The van der Waals surface area contributed by atoms with E-state index in [2.05, 4.69) is 5.32 Å². The monoisotopic (exact) mass is 282 g/mol. The number of aliphatic hydroxyl groups is 1. The fraction of sp³-hybridized carbons (Fsp3) is 0.933. The van der Waals surface area contributed by atoms with Gasteiger partial charge in [-0.05, 0) is 32.1 Å². The first-order chi connectivity index (χ1) is 9.37. The molecule has 3 rings (SSSR count). The molecule has 0 bridgehead atoms. The van der Waals surface area contributed by atoms with Crippen LogP contribution in [0.15, 0.2) is 0 Å². The minimum absolute atomic E-state index is 0.0591. The maximum Gasteiger partial charge on any atom is 0.241 e. The Kier molecular flexibility index (Phi) is 3.35. The van der Waals surface area contributed by atoms with Crippen LogP contribution in [0.25, 0.3) is 0 Å². The third-order valence-electron chi connectivity index (χ3n) is 5.81. The van der Waals surface area contributed by atoms with Crippen LogP contribution in [-0.2, 0) is 9.53 Å². The standard InChI is InChI=1S/C15H26N2O3/c1-14(2)12-11(6-7-20-12)15(14,16)13(19)17-9-4-3-5-10(18)8-9/h9-12,18H,3-8,16H2,1-2H3,(H,17,19). The SMILES string of the molecule is CC1(C)C2OCCC2C1(N)C(=O)NC1CCCC(O)C1. The Hall–Kier alpha value is -0.650. The number of nitrogens with one attached hydrogen (secondary N) is 1. The molecule has 1 amide bonds. The molecule has 5 unspecified atom stereocenters. The van der Waals surface area contributed by atoms with Gasteiger partial charge in [0.15, 0.2) is 0 Å². The summed E-state index contributed by atoms with van der Waals surface area (Å²) < 4.78 is 5.72. The molecule has 4 N–H and O–H groups in total. The van der Waals surface area contributed by atoms with Crippen LogP contribution >= 0.6 is 0 Å². The van der Waals surface area contributed by atoms with Crippen LogP contribution in [-0.4, -0.2) is 41.4 Å². The van der Waals surface area contributed by atoms with Crippen molar-refractivity contribution >= 4 is 5.91 Å². The Labute approximate surface area is 120 Å². The summed E-state index contributed by atoms with van der Waals surface area (Å²) in [4.78, 5) is 12.7. The second kappa shape index (κ2) is 4.68. The van der Waals surface area contributed by atoms with E-state index in [4.69, 9.17) is 10.5 Å². The van der Waals surface area contributed by atoms with Gasteiger partial charge in [-0.2, -0.15) is 0 Å². The second-order valence-corrected chi connectivity index (χ2v) is 7.27. The molecule has 3 fully saturated rings. The molecule has 0 aromatic carbocycles. The van der Waals surface area contributed by atoms with Gasteiger partial charge in [0.1, 0.15) is 5.54 Å². The molecule has 1 saturated heterocycles. The number of carbonyl (C=O) groups excluding carboxylic acids is 1. The number of nitrogens with two attached hydrogens (primary N) is 1. The Morgan fingerprint density at radius 3 is 2.80 bits per heavy atom. The van der Waals surface area contributed by atoms with Crippen LogP contribution in [0.3, 0.4) is 0 Å². The van der Waals surface area contributed by atoms with Crippen molar-refractivity contribution in [2.75, 3.05) is 6.61 Å². The molecule has 5 heteroatoms. The smallest absolute Gasteiger partial charge is 0.241 e. The molecule has 5 atom stereocenters. The van der Waals surface area contributed by atoms with Crippen LogP contribution in [0, 0.1) is 11.3 Å². The number of aliphatic hydroxyl groups excluding tert-OH is 1. The summed E-state index contributed by atoms with van der Waals surface area (Å²) in [6.45, 7) is 4.75. The topological polar surface area (TPSA) is 84.6 Å². The van der Waals surface area contributed by atoms with Crippen LogP contribution in [0.1, 0.15) is 46.0 Å². The summed E-state index contributed by atoms with van der Waals surface area (Å²) in [7, 11) is 0. The zero-order valence-electron chi connectivity index (χ0n) is 12.4. The molecule has 5 nitrogen and oxygen atoms in total. The van der Waals surface area contributed by atoms with Crippen LogP contribution < -0.4 is 11.1 Å². The van der Waals surface area contributed by atoms with Crippen LogP contribution in [0.5, 0.6) is 0 Å². The van der Waals surface area contributed by atoms with E-state index in [-0.39, 0.29) is 35.5 Å². The van der Waals surface area contributed by atoms with E-state index in [1.807, 2.05) is 13.8 Å². The van der Waals surface area contributed by atoms with E-state index < -0.39 is 5.54 Å². The van der Waals surface area contributed by atoms with Crippen molar-refractivity contribution in [3.8, 4) is 0 Å². The lowest BCUT2D eigenvalue weighted by Gasteiger charge is -2.61. The fourth-order valence-electron chi connectivity index (χ4n) is 4.45. The summed E-state index contributed by atoms with van der Waals surface area (Å²) in [6.07, 6.45) is 4.06. The molecule has 1 aliphatic heterocycles. The molecule has 0 aromatic rings. The normalized spacial score (nSPS) is 46.4. The average molecular weight is 282 g/mol. The molecule has 0 aromatic heterocycles. The first kappa shape index (κ1) is 14.3. The number of amides is 1. The number of carbonyl (C=O) groups is 1. The lowest BCUT2D eigenvalue weighted by Crippen LogP contribution is -2.80. The fourth-order valence-corrected chi connectivity index (χ4v) is 4.45. The zero-order valence-corrected chi connectivity index (χ0v) is 12.4. The molecular weight excluding hydrogens is 256 g/mol. The van der Waals surface area contributed by atoms with E-state index in [1.165, 1.54) is 0 Å². The highest BCUT2D eigenvalue weighted by molar-refractivity contribution is 5.89. The summed E-state index contributed by atoms with van der Waals surface area (Å²) in [5, 5.41) is 12.8. The summed E-state index contributed by atoms with van der Waals surface area (Å²) in [5.74, 6) is 0.0689. The van der Waals surface area contributed by atoms with Gasteiger partial charge in [0.25, 0.3) is 0 Å². The van der Waals surface area contributed by atoms with E-state index in [9.17, 15) is 9.90 Å². The van der Waals surface area contributed by atoms with Crippen LogP contribution in [0.4, 0.5) is 0 Å². The van der Waals surface area contributed by atoms with Crippen molar-refractivity contribution < 1.29 is 14.6 Å². The molecule has 2 saturated carbocycles. The quantitative estimate of drug-likeness (QED) is 0.690. The third-order valence-corrected chi connectivity index (χ3v) is 5.81. The van der Waals surface area contributed by atoms with Crippen molar-refractivity contribution in [1.82, 2.24) is 5.32 Å². The Morgan fingerprint density at radius 2 is 2.10 bits per heavy atom. The van der Waals surface area contributed by atoms with E-state index in [1.54, 1.807) is 0 Å². The van der Waals surface area contributed by atoms with Crippen molar-refractivity contribution in [3.05, 3.63) is 0 Å². The Balaban J connectivity index is 1.70. The van der Waals surface area contributed by atoms with Crippen molar-refractivity contribution in [1.29, 1.82) is 0 Å². The minimum atomic E-state index is -0.837. The van der Waals surface area contributed by atoms with Gasteiger partial charge >= 0.3 is 0 Å². The molecule has 2 aliphatic carbocycles. The molecule has 0 radical (unpaired) electrons. The van der Waals surface area contributed by atoms with Gasteiger partial charge in [-0.3, -0.25) is 4.79 Å². The maximum atomic E-state index is 12.7. The van der Waals surface area contributed by atoms with Gasteiger partial charge in [-0.1, -0.05) is 13.8 Å². The molecule has 3 aliphatic rings. The Bertz CT molecular complexity index is 412. The molecule has 20 heavy (non-hydrogen) atoms. The highest BCUT2D eigenvalue weighted by atomic mass is 16.5. The lowest BCUT2D eigenvalue weighted by atomic mass is 9.48. The Morgan fingerprint density at radius 1 is 1.35 bits per heavy atom. The van der Waals surface area contributed by atoms with E-state index >= 15 is 0 Å². The third kappa shape index (κ3) is 1.83. The van der Waals surface area contributed by atoms with Gasteiger partial charge in [0.05, 0.1) is 12.2 Å². The molecule has 114 valence electrons. The first-order valence-corrected chi connectivity index (χ1v) is 7.77. The van der Waals surface area contributed by atoms with Gasteiger partial charge in [-0.15, -0.1) is 0 Å². The van der Waals surface area contributed by atoms with Gasteiger partial charge in [-0.25, -0.2) is 0 Å². The second-order valence-electron chi connectivity index (χ2n) is 7.27. The molecular formula is C15H26N2O3. The highest BCUT2D eigenvalue weighted by Crippen LogP contribution is 2.58.